The van der Waals surface area contributed by atoms with E-state index in [0.717, 1.165) is 13.1 Å². The van der Waals surface area contributed by atoms with Crippen LogP contribution in [-0.4, -0.2) is 55.4 Å². The van der Waals surface area contributed by atoms with Crippen LogP contribution < -0.4 is 5.73 Å². The van der Waals surface area contributed by atoms with Crippen LogP contribution >= 0.6 is 0 Å². The van der Waals surface area contributed by atoms with Crippen LogP contribution in [0.1, 0.15) is 20.8 Å². The van der Waals surface area contributed by atoms with Gasteiger partial charge in [0, 0.05) is 25.2 Å². The lowest BCUT2D eigenvalue weighted by Crippen LogP contribution is -2.55. The molecule has 0 unspecified atom stereocenters. The Hall–Kier alpha value is -0.650. The first-order valence-corrected chi connectivity index (χ1v) is 5.56. The van der Waals surface area contributed by atoms with Crippen molar-refractivity contribution < 1.29 is 14.3 Å². The third kappa shape index (κ3) is 4.08. The van der Waals surface area contributed by atoms with Crippen molar-refractivity contribution in [3.63, 3.8) is 0 Å². The molecule has 0 spiro atoms. The molecule has 0 bridgehead atoms. The summed E-state index contributed by atoms with van der Waals surface area (Å²) in [5.74, 6) is -0.314. The molecule has 5 nitrogen and oxygen atoms in total. The number of rotatable bonds is 3. The zero-order valence-corrected chi connectivity index (χ0v) is 10.5. The van der Waals surface area contributed by atoms with Gasteiger partial charge in [0.1, 0.15) is 0 Å². The fraction of sp³-hybridized carbons (Fsp3) is 0.909. The number of hydrogen-bond acceptors (Lipinski definition) is 5. The highest BCUT2D eigenvalue weighted by atomic mass is 16.6. The lowest BCUT2D eigenvalue weighted by Gasteiger charge is -2.38. The fourth-order valence-corrected chi connectivity index (χ4v) is 2.01. The predicted octanol–water partition coefficient (Wildman–Crippen LogP) is -0.0140. The Kier molecular flexibility index (Phi) is 4.29. The maximum absolute atomic E-state index is 11.4. The number of carbonyl (C=O) groups is 1. The molecule has 0 aromatic rings. The van der Waals surface area contributed by atoms with E-state index in [-0.39, 0.29) is 17.6 Å². The van der Waals surface area contributed by atoms with Gasteiger partial charge < -0.3 is 15.2 Å². The van der Waals surface area contributed by atoms with Gasteiger partial charge in [0.05, 0.1) is 13.2 Å². The Morgan fingerprint density at radius 3 is 2.69 bits per heavy atom. The van der Waals surface area contributed by atoms with Gasteiger partial charge in [0.25, 0.3) is 0 Å². The zero-order valence-electron chi connectivity index (χ0n) is 10.5. The van der Waals surface area contributed by atoms with Crippen LogP contribution in [0.25, 0.3) is 0 Å². The Bertz CT molecular complexity index is 250. The SMILES string of the molecule is COC(=O)[C@H]1CN(CC(C)(C)N)C[C@@H](C)O1. The second-order valence-electron chi connectivity index (χ2n) is 5.14. The van der Waals surface area contributed by atoms with Crippen molar-refractivity contribution in [2.45, 2.75) is 38.5 Å². The highest BCUT2D eigenvalue weighted by Crippen LogP contribution is 2.14. The maximum atomic E-state index is 11.4. The summed E-state index contributed by atoms with van der Waals surface area (Å²) in [6, 6.07) is 0. The molecule has 1 saturated heterocycles. The summed E-state index contributed by atoms with van der Waals surface area (Å²) in [6.07, 6.45) is -0.462. The maximum Gasteiger partial charge on any atom is 0.336 e. The van der Waals surface area contributed by atoms with Crippen LogP contribution in [-0.2, 0) is 14.3 Å². The molecule has 2 atom stereocenters. The summed E-state index contributed by atoms with van der Waals surface area (Å²) < 4.78 is 10.2. The Labute approximate surface area is 96.9 Å². The number of ether oxygens (including phenoxy) is 2. The molecule has 1 aliphatic heterocycles. The quantitative estimate of drug-likeness (QED) is 0.691. The molecule has 16 heavy (non-hydrogen) atoms. The first-order chi connectivity index (χ1) is 7.31. The van der Waals surface area contributed by atoms with Gasteiger partial charge in [-0.1, -0.05) is 0 Å². The van der Waals surface area contributed by atoms with Crippen LogP contribution in [0, 0.1) is 0 Å². The summed E-state index contributed by atoms with van der Waals surface area (Å²) in [6.45, 7) is 7.99. The molecule has 2 N–H and O–H groups in total. The summed E-state index contributed by atoms with van der Waals surface area (Å²) in [5, 5.41) is 0. The van der Waals surface area contributed by atoms with Crippen LogP contribution in [0.5, 0.6) is 0 Å². The van der Waals surface area contributed by atoms with E-state index in [1.54, 1.807) is 0 Å². The van der Waals surface area contributed by atoms with Crippen molar-refractivity contribution in [3.05, 3.63) is 0 Å². The minimum atomic E-state index is -0.490. The van der Waals surface area contributed by atoms with E-state index in [1.165, 1.54) is 7.11 Å². The summed E-state index contributed by atoms with van der Waals surface area (Å²) >= 11 is 0. The number of methoxy groups -OCH3 is 1. The molecule has 94 valence electrons. The number of esters is 1. The molecular formula is C11H22N2O3. The number of carbonyl (C=O) groups excluding carboxylic acids is 1. The Morgan fingerprint density at radius 2 is 2.19 bits per heavy atom. The molecule has 0 amide bonds. The molecule has 0 aromatic heterocycles. The number of nitrogens with two attached hydrogens (primary N) is 1. The number of hydrogen-bond donors (Lipinski definition) is 1. The van der Waals surface area contributed by atoms with Crippen molar-refractivity contribution in [1.29, 1.82) is 0 Å². The second kappa shape index (κ2) is 5.12. The minimum Gasteiger partial charge on any atom is -0.467 e. The van der Waals surface area contributed by atoms with Gasteiger partial charge >= 0.3 is 5.97 Å². The monoisotopic (exact) mass is 230 g/mol. The standard InChI is InChI=1S/C11H22N2O3/c1-8-5-13(7-11(2,3)12)6-9(16-8)10(14)15-4/h8-9H,5-7,12H2,1-4H3/t8-,9-/m1/s1. The van der Waals surface area contributed by atoms with Gasteiger partial charge in [0.2, 0.25) is 0 Å². The van der Waals surface area contributed by atoms with Crippen LogP contribution in [0.2, 0.25) is 0 Å². The fourth-order valence-electron chi connectivity index (χ4n) is 2.01. The van der Waals surface area contributed by atoms with E-state index in [2.05, 4.69) is 4.90 Å². The minimum absolute atomic E-state index is 0.0280. The highest BCUT2D eigenvalue weighted by molar-refractivity contribution is 5.74. The Balaban J connectivity index is 2.57. The van der Waals surface area contributed by atoms with E-state index in [1.807, 2.05) is 20.8 Å². The van der Waals surface area contributed by atoms with Gasteiger partial charge in [0.15, 0.2) is 6.10 Å². The second-order valence-corrected chi connectivity index (χ2v) is 5.14. The van der Waals surface area contributed by atoms with E-state index < -0.39 is 6.10 Å². The summed E-state index contributed by atoms with van der Waals surface area (Å²) in [7, 11) is 1.38. The molecule has 0 aliphatic carbocycles. The van der Waals surface area contributed by atoms with Crippen LogP contribution in [0.3, 0.4) is 0 Å². The molecule has 0 radical (unpaired) electrons. The predicted molar refractivity (Wildman–Crippen MR) is 61.1 cm³/mol. The van der Waals surface area contributed by atoms with Gasteiger partial charge in [-0.15, -0.1) is 0 Å². The largest absolute Gasteiger partial charge is 0.467 e. The summed E-state index contributed by atoms with van der Waals surface area (Å²) in [5.41, 5.74) is 5.70. The van der Waals surface area contributed by atoms with E-state index in [0.29, 0.717) is 6.54 Å². The molecule has 0 saturated carbocycles. The lowest BCUT2D eigenvalue weighted by atomic mass is 10.1. The van der Waals surface area contributed by atoms with Gasteiger partial charge in [-0.2, -0.15) is 0 Å². The van der Waals surface area contributed by atoms with Crippen molar-refractivity contribution in [1.82, 2.24) is 4.90 Å². The average molecular weight is 230 g/mol. The molecule has 1 heterocycles. The first-order valence-electron chi connectivity index (χ1n) is 5.56. The Morgan fingerprint density at radius 1 is 1.56 bits per heavy atom. The zero-order chi connectivity index (χ0) is 12.3. The molecule has 1 fully saturated rings. The van der Waals surface area contributed by atoms with E-state index in [4.69, 9.17) is 15.2 Å². The average Bonchev–Trinajstić information content (AvgIpc) is 2.12. The molecule has 1 aliphatic rings. The number of nitrogens with zero attached hydrogens (tertiary/aromatic N) is 1. The van der Waals surface area contributed by atoms with Crippen molar-refractivity contribution >= 4 is 5.97 Å². The van der Waals surface area contributed by atoms with Crippen LogP contribution in [0.15, 0.2) is 0 Å². The van der Waals surface area contributed by atoms with Gasteiger partial charge in [-0.05, 0) is 20.8 Å². The molecule has 1 rings (SSSR count). The molecule has 0 aromatic carbocycles. The van der Waals surface area contributed by atoms with E-state index in [9.17, 15) is 4.79 Å². The van der Waals surface area contributed by atoms with Gasteiger partial charge in [-0.25, -0.2) is 4.79 Å². The lowest BCUT2D eigenvalue weighted by molar-refractivity contribution is -0.166. The smallest absolute Gasteiger partial charge is 0.336 e. The normalized spacial score (nSPS) is 27.8. The molecular weight excluding hydrogens is 208 g/mol. The topological polar surface area (TPSA) is 64.8 Å². The van der Waals surface area contributed by atoms with Gasteiger partial charge in [-0.3, -0.25) is 4.90 Å². The molecule has 5 heteroatoms. The third-order valence-corrected chi connectivity index (χ3v) is 2.43. The van der Waals surface area contributed by atoms with Crippen molar-refractivity contribution in [2.75, 3.05) is 26.7 Å². The highest BCUT2D eigenvalue weighted by Gasteiger charge is 2.32. The van der Waals surface area contributed by atoms with Crippen molar-refractivity contribution in [2.24, 2.45) is 5.73 Å². The number of morpholine rings is 1. The van der Waals surface area contributed by atoms with Crippen molar-refractivity contribution in [3.8, 4) is 0 Å². The van der Waals surface area contributed by atoms with E-state index >= 15 is 0 Å². The first kappa shape index (κ1) is 13.4. The third-order valence-electron chi connectivity index (χ3n) is 2.43. The van der Waals surface area contributed by atoms with Crippen LogP contribution in [0.4, 0.5) is 0 Å². The summed E-state index contributed by atoms with van der Waals surface area (Å²) in [4.78, 5) is 13.6.